The van der Waals surface area contributed by atoms with E-state index in [2.05, 4.69) is 43.2 Å². The SMILES string of the molecule is CCCCCCCC(Cc1ccc(C)cn1)NCC. The molecule has 108 valence electrons. The molecule has 0 amide bonds. The van der Waals surface area contributed by atoms with Crippen LogP contribution in [-0.4, -0.2) is 17.6 Å². The Morgan fingerprint density at radius 2 is 1.89 bits per heavy atom. The van der Waals surface area contributed by atoms with Gasteiger partial charge in [0.2, 0.25) is 0 Å². The molecular formula is C17H30N2. The molecule has 1 aromatic rings. The fraction of sp³-hybridized carbons (Fsp3) is 0.706. The maximum atomic E-state index is 4.52. The van der Waals surface area contributed by atoms with Gasteiger partial charge in [-0.15, -0.1) is 0 Å². The van der Waals surface area contributed by atoms with Gasteiger partial charge in [0.25, 0.3) is 0 Å². The maximum absolute atomic E-state index is 4.52. The maximum Gasteiger partial charge on any atom is 0.0419 e. The minimum absolute atomic E-state index is 0.585. The summed E-state index contributed by atoms with van der Waals surface area (Å²) in [4.78, 5) is 4.52. The van der Waals surface area contributed by atoms with Crippen LogP contribution in [0.1, 0.15) is 63.6 Å². The zero-order chi connectivity index (χ0) is 13.9. The number of pyridine rings is 1. The Morgan fingerprint density at radius 1 is 1.11 bits per heavy atom. The summed E-state index contributed by atoms with van der Waals surface area (Å²) in [5.41, 5.74) is 2.45. The van der Waals surface area contributed by atoms with Gasteiger partial charge in [0, 0.05) is 24.4 Å². The molecule has 0 fully saturated rings. The Kier molecular flexibility index (Phi) is 8.48. The third-order valence-corrected chi connectivity index (χ3v) is 3.58. The number of aromatic nitrogens is 1. The molecule has 2 nitrogen and oxygen atoms in total. The van der Waals surface area contributed by atoms with Crippen LogP contribution >= 0.6 is 0 Å². The third kappa shape index (κ3) is 7.31. The van der Waals surface area contributed by atoms with Gasteiger partial charge in [0.1, 0.15) is 0 Å². The van der Waals surface area contributed by atoms with E-state index in [1.54, 1.807) is 0 Å². The highest BCUT2D eigenvalue weighted by Gasteiger charge is 2.08. The molecule has 0 aliphatic rings. The number of hydrogen-bond donors (Lipinski definition) is 1. The quantitative estimate of drug-likeness (QED) is 0.637. The van der Waals surface area contributed by atoms with Crippen molar-refractivity contribution in [1.82, 2.24) is 10.3 Å². The lowest BCUT2D eigenvalue weighted by Gasteiger charge is -2.17. The summed E-state index contributed by atoms with van der Waals surface area (Å²) in [6, 6.07) is 4.91. The van der Waals surface area contributed by atoms with Crippen molar-refractivity contribution in [3.05, 3.63) is 29.6 Å². The summed E-state index contributed by atoms with van der Waals surface area (Å²) in [5, 5.41) is 3.60. The number of unbranched alkanes of at least 4 members (excludes halogenated alkanes) is 4. The van der Waals surface area contributed by atoms with Crippen LogP contribution in [0.2, 0.25) is 0 Å². The van der Waals surface area contributed by atoms with Gasteiger partial charge in [0.15, 0.2) is 0 Å². The molecule has 19 heavy (non-hydrogen) atoms. The molecule has 0 bridgehead atoms. The molecule has 0 radical (unpaired) electrons. The number of nitrogens with zero attached hydrogens (tertiary/aromatic N) is 1. The van der Waals surface area contributed by atoms with Crippen LogP contribution in [0.4, 0.5) is 0 Å². The summed E-state index contributed by atoms with van der Waals surface area (Å²) in [7, 11) is 0. The molecular weight excluding hydrogens is 232 g/mol. The van der Waals surface area contributed by atoms with Gasteiger partial charge < -0.3 is 5.32 Å². The lowest BCUT2D eigenvalue weighted by Crippen LogP contribution is -2.31. The van der Waals surface area contributed by atoms with Gasteiger partial charge >= 0.3 is 0 Å². The van der Waals surface area contributed by atoms with Crippen LogP contribution < -0.4 is 5.32 Å². The van der Waals surface area contributed by atoms with E-state index in [1.165, 1.54) is 49.8 Å². The average Bonchev–Trinajstić information content (AvgIpc) is 2.41. The molecule has 2 heteroatoms. The van der Waals surface area contributed by atoms with Gasteiger partial charge in [-0.25, -0.2) is 0 Å². The molecule has 1 heterocycles. The molecule has 1 unspecified atom stereocenters. The summed E-state index contributed by atoms with van der Waals surface area (Å²) < 4.78 is 0. The first-order valence-electron chi connectivity index (χ1n) is 7.91. The van der Waals surface area contributed by atoms with Gasteiger partial charge in [-0.3, -0.25) is 4.98 Å². The van der Waals surface area contributed by atoms with Crippen LogP contribution in [0.15, 0.2) is 18.3 Å². The van der Waals surface area contributed by atoms with Crippen LogP contribution in [-0.2, 0) is 6.42 Å². The van der Waals surface area contributed by atoms with Crippen LogP contribution in [0.3, 0.4) is 0 Å². The summed E-state index contributed by atoms with van der Waals surface area (Å²) in [5.74, 6) is 0. The number of hydrogen-bond acceptors (Lipinski definition) is 2. The molecule has 1 rings (SSSR count). The largest absolute Gasteiger partial charge is 0.314 e. The molecule has 1 atom stereocenters. The zero-order valence-corrected chi connectivity index (χ0v) is 12.9. The highest BCUT2D eigenvalue weighted by Crippen LogP contribution is 2.11. The highest BCUT2D eigenvalue weighted by molar-refractivity contribution is 5.13. The predicted octanol–water partition coefficient (Wildman–Crippen LogP) is 4.27. The Morgan fingerprint density at radius 3 is 2.53 bits per heavy atom. The van der Waals surface area contributed by atoms with E-state index in [4.69, 9.17) is 0 Å². The Labute approximate surface area is 119 Å². The monoisotopic (exact) mass is 262 g/mol. The van der Waals surface area contributed by atoms with Crippen LogP contribution in [0.5, 0.6) is 0 Å². The molecule has 0 aliphatic carbocycles. The molecule has 1 aromatic heterocycles. The minimum atomic E-state index is 0.585. The summed E-state index contributed by atoms with van der Waals surface area (Å²) >= 11 is 0. The summed E-state index contributed by atoms with van der Waals surface area (Å²) in [6.07, 6.45) is 11.1. The third-order valence-electron chi connectivity index (χ3n) is 3.58. The van der Waals surface area contributed by atoms with E-state index in [1.807, 2.05) is 6.20 Å². The first kappa shape index (κ1) is 16.2. The standard InChI is InChI=1S/C17H30N2/c1-4-6-7-8-9-10-16(18-5-2)13-17-12-11-15(3)14-19-17/h11-12,14,16,18H,4-10,13H2,1-3H3. The second-order valence-electron chi connectivity index (χ2n) is 5.49. The van der Waals surface area contributed by atoms with Crippen molar-refractivity contribution in [2.45, 2.75) is 71.8 Å². The smallest absolute Gasteiger partial charge is 0.0419 e. The topological polar surface area (TPSA) is 24.9 Å². The van der Waals surface area contributed by atoms with Crippen LogP contribution in [0, 0.1) is 6.92 Å². The zero-order valence-electron chi connectivity index (χ0n) is 12.9. The van der Waals surface area contributed by atoms with E-state index in [0.29, 0.717) is 6.04 Å². The van der Waals surface area contributed by atoms with Crippen LogP contribution in [0.25, 0.3) is 0 Å². The summed E-state index contributed by atoms with van der Waals surface area (Å²) in [6.45, 7) is 7.59. The minimum Gasteiger partial charge on any atom is -0.314 e. The molecule has 0 aliphatic heterocycles. The predicted molar refractivity (Wildman–Crippen MR) is 83.5 cm³/mol. The van der Waals surface area contributed by atoms with E-state index < -0.39 is 0 Å². The molecule has 0 saturated carbocycles. The van der Waals surface area contributed by atoms with E-state index in [0.717, 1.165) is 13.0 Å². The van der Waals surface area contributed by atoms with Gasteiger partial charge in [-0.1, -0.05) is 52.0 Å². The Hall–Kier alpha value is -0.890. The van der Waals surface area contributed by atoms with Gasteiger partial charge in [-0.05, 0) is 31.5 Å². The number of aryl methyl sites for hydroxylation is 1. The lowest BCUT2D eigenvalue weighted by molar-refractivity contribution is 0.458. The number of rotatable bonds is 10. The van der Waals surface area contributed by atoms with Crippen molar-refractivity contribution >= 4 is 0 Å². The van der Waals surface area contributed by atoms with Gasteiger partial charge in [0.05, 0.1) is 0 Å². The fourth-order valence-corrected chi connectivity index (χ4v) is 2.43. The number of nitrogens with one attached hydrogen (secondary N) is 1. The molecule has 0 aromatic carbocycles. The average molecular weight is 262 g/mol. The normalized spacial score (nSPS) is 12.6. The van der Waals surface area contributed by atoms with Crippen molar-refractivity contribution in [3.63, 3.8) is 0 Å². The Bertz CT molecular complexity index is 319. The highest BCUT2D eigenvalue weighted by atomic mass is 14.9. The van der Waals surface area contributed by atoms with Crippen molar-refractivity contribution < 1.29 is 0 Å². The fourth-order valence-electron chi connectivity index (χ4n) is 2.43. The molecule has 0 saturated heterocycles. The van der Waals surface area contributed by atoms with Crippen molar-refractivity contribution in [1.29, 1.82) is 0 Å². The second kappa shape index (κ2) is 9.96. The van der Waals surface area contributed by atoms with E-state index in [-0.39, 0.29) is 0 Å². The molecule has 0 spiro atoms. The van der Waals surface area contributed by atoms with E-state index >= 15 is 0 Å². The Balaban J connectivity index is 2.33. The van der Waals surface area contributed by atoms with Crippen molar-refractivity contribution in [2.75, 3.05) is 6.54 Å². The van der Waals surface area contributed by atoms with Crippen molar-refractivity contribution in [3.8, 4) is 0 Å². The first-order chi connectivity index (χ1) is 9.26. The lowest BCUT2D eigenvalue weighted by atomic mass is 10.0. The van der Waals surface area contributed by atoms with Crippen molar-refractivity contribution in [2.24, 2.45) is 0 Å². The van der Waals surface area contributed by atoms with E-state index in [9.17, 15) is 0 Å². The first-order valence-corrected chi connectivity index (χ1v) is 7.91. The van der Waals surface area contributed by atoms with Gasteiger partial charge in [-0.2, -0.15) is 0 Å². The second-order valence-corrected chi connectivity index (χ2v) is 5.49. The number of likely N-dealkylation sites (N-methyl/N-ethyl adjacent to an activating group) is 1. The molecule has 1 N–H and O–H groups in total.